The molecule has 0 saturated carbocycles. The summed E-state index contributed by atoms with van der Waals surface area (Å²) < 4.78 is 5.54. The molecule has 8 heteroatoms. The molecule has 0 fully saturated rings. The highest BCUT2D eigenvalue weighted by atomic mass is 16.5. The summed E-state index contributed by atoms with van der Waals surface area (Å²) in [5, 5.41) is 11.6. The van der Waals surface area contributed by atoms with Gasteiger partial charge in [0.05, 0.1) is 18.7 Å². The maximum atomic E-state index is 12.9. The molecule has 0 aliphatic carbocycles. The zero-order valence-corrected chi connectivity index (χ0v) is 18.5. The average molecular weight is 448 g/mol. The van der Waals surface area contributed by atoms with Crippen molar-refractivity contribution in [3.8, 4) is 5.75 Å². The number of aryl methyl sites for hydroxylation is 1. The van der Waals surface area contributed by atoms with E-state index < -0.39 is 17.7 Å². The van der Waals surface area contributed by atoms with Gasteiger partial charge in [0, 0.05) is 29.2 Å². The predicted octanol–water partition coefficient (Wildman–Crippen LogP) is 3.43. The number of aliphatic hydroxyl groups is 1. The number of rotatable bonds is 6. The molecule has 1 amide bonds. The summed E-state index contributed by atoms with van der Waals surface area (Å²) in [5.74, 6) is -0.761. The van der Waals surface area contributed by atoms with Crippen LogP contribution in [0.3, 0.4) is 0 Å². The molecule has 0 radical (unpaired) electrons. The van der Waals surface area contributed by atoms with Gasteiger partial charge in [-0.3, -0.25) is 9.59 Å². The second-order valence-electron chi connectivity index (χ2n) is 7.66. The lowest BCUT2D eigenvalue weighted by Crippen LogP contribution is -2.33. The fourth-order valence-corrected chi connectivity index (χ4v) is 4.19. The first kappa shape index (κ1) is 23.5. The van der Waals surface area contributed by atoms with Crippen molar-refractivity contribution >= 4 is 28.7 Å². The standard InChI is InChI=1S/C24H24N2O4.CO2/c1-14-8-9-18(20(12-14)30-3)22-21(15(2)27)23(28)24(29)26(22)11-10-16-13-25-19-7-5-4-6-17(16)19;2-1-3/h4-9,12-13,22,25,28H,10-11H2,1-3H3;. The summed E-state index contributed by atoms with van der Waals surface area (Å²) in [6.07, 6.45) is 2.77. The number of nitrogens with one attached hydrogen (secondary N) is 1. The van der Waals surface area contributed by atoms with Gasteiger partial charge in [0.1, 0.15) is 5.75 Å². The lowest BCUT2D eigenvalue weighted by molar-refractivity contribution is -0.191. The number of carbonyl (C=O) groups excluding carboxylic acids is 4. The number of ether oxygens (including phenoxy) is 1. The highest BCUT2D eigenvalue weighted by Crippen LogP contribution is 2.41. The van der Waals surface area contributed by atoms with Crippen LogP contribution < -0.4 is 4.74 Å². The van der Waals surface area contributed by atoms with Crippen LogP contribution in [-0.2, 0) is 25.6 Å². The van der Waals surface area contributed by atoms with Gasteiger partial charge in [-0.1, -0.05) is 30.3 Å². The Bertz CT molecular complexity index is 1270. The van der Waals surface area contributed by atoms with Crippen molar-refractivity contribution in [1.29, 1.82) is 0 Å². The number of nitrogens with zero attached hydrogens (tertiary/aromatic N) is 1. The zero-order valence-electron chi connectivity index (χ0n) is 18.5. The number of amides is 1. The number of aliphatic hydroxyl groups excluding tert-OH is 1. The van der Waals surface area contributed by atoms with Crippen LogP contribution in [0.5, 0.6) is 5.75 Å². The third kappa shape index (κ3) is 4.56. The van der Waals surface area contributed by atoms with Crippen molar-refractivity contribution in [2.45, 2.75) is 26.3 Å². The van der Waals surface area contributed by atoms with E-state index in [2.05, 4.69) is 4.98 Å². The quantitative estimate of drug-likeness (QED) is 0.597. The van der Waals surface area contributed by atoms with Crippen LogP contribution in [0, 0.1) is 6.92 Å². The van der Waals surface area contributed by atoms with Crippen molar-refractivity contribution < 1.29 is 29.0 Å². The molecule has 0 saturated heterocycles. The number of methoxy groups -OCH3 is 1. The zero-order chi connectivity index (χ0) is 24.1. The summed E-state index contributed by atoms with van der Waals surface area (Å²) in [5.41, 5.74) is 3.90. The summed E-state index contributed by atoms with van der Waals surface area (Å²) in [4.78, 5) is 46.3. The van der Waals surface area contributed by atoms with Gasteiger partial charge < -0.3 is 19.7 Å². The Labute approximate surface area is 190 Å². The van der Waals surface area contributed by atoms with E-state index >= 15 is 0 Å². The number of benzene rings is 2. The van der Waals surface area contributed by atoms with E-state index in [9.17, 15) is 14.7 Å². The van der Waals surface area contributed by atoms with Crippen LogP contribution in [0.2, 0.25) is 0 Å². The molecule has 1 aliphatic heterocycles. The van der Waals surface area contributed by atoms with E-state index in [1.165, 1.54) is 6.92 Å². The summed E-state index contributed by atoms with van der Waals surface area (Å²) in [7, 11) is 1.56. The minimum Gasteiger partial charge on any atom is -0.503 e. The molecule has 1 atom stereocenters. The molecular formula is C25H24N2O6. The SMILES string of the molecule is COc1cc(C)ccc1C1C(C(C)=O)=C(O)C(=O)N1CCc1c[nH]c2ccccc12.O=C=O. The minimum absolute atomic E-state index is 0.112. The Balaban J connectivity index is 0.000000968. The van der Waals surface area contributed by atoms with Crippen LogP contribution in [0.4, 0.5) is 0 Å². The molecule has 4 rings (SSSR count). The summed E-state index contributed by atoms with van der Waals surface area (Å²) >= 11 is 0. The molecule has 2 heterocycles. The lowest BCUT2D eigenvalue weighted by Gasteiger charge is -2.28. The van der Waals surface area contributed by atoms with Gasteiger partial charge in [0.25, 0.3) is 5.91 Å². The van der Waals surface area contributed by atoms with Gasteiger partial charge in [0.2, 0.25) is 0 Å². The number of H-pyrrole nitrogens is 1. The van der Waals surface area contributed by atoms with Crippen molar-refractivity contribution in [3.05, 3.63) is 76.7 Å². The normalized spacial score (nSPS) is 15.3. The Kier molecular flexibility index (Phi) is 7.10. The number of aromatic amines is 1. The smallest absolute Gasteiger partial charge is 0.373 e. The number of Topliss-reactive ketones (excluding diaryl/α,β-unsaturated/α-hetero) is 1. The molecule has 0 spiro atoms. The van der Waals surface area contributed by atoms with E-state index in [1.54, 1.807) is 12.0 Å². The van der Waals surface area contributed by atoms with E-state index in [0.29, 0.717) is 24.3 Å². The molecular weight excluding hydrogens is 424 g/mol. The van der Waals surface area contributed by atoms with Crippen LogP contribution in [-0.4, -0.2) is 46.5 Å². The largest absolute Gasteiger partial charge is 0.503 e. The third-order valence-corrected chi connectivity index (χ3v) is 5.66. The molecule has 1 aromatic heterocycles. The van der Waals surface area contributed by atoms with Crippen LogP contribution >= 0.6 is 0 Å². The Morgan fingerprint density at radius 1 is 1.21 bits per heavy atom. The van der Waals surface area contributed by atoms with E-state index in [0.717, 1.165) is 22.0 Å². The Hall–Kier alpha value is -4.16. The number of hydrogen-bond acceptors (Lipinski definition) is 6. The van der Waals surface area contributed by atoms with Crippen molar-refractivity contribution in [3.63, 3.8) is 0 Å². The van der Waals surface area contributed by atoms with Gasteiger partial charge in [-0.2, -0.15) is 9.59 Å². The first-order valence-corrected chi connectivity index (χ1v) is 10.3. The number of aromatic nitrogens is 1. The fourth-order valence-electron chi connectivity index (χ4n) is 4.19. The van der Waals surface area contributed by atoms with Crippen molar-refractivity contribution in [2.75, 3.05) is 13.7 Å². The minimum atomic E-state index is -0.684. The number of fused-ring (bicyclic) bond motifs is 1. The van der Waals surface area contributed by atoms with Gasteiger partial charge in [-0.05, 0) is 43.5 Å². The molecule has 1 unspecified atom stereocenters. The maximum Gasteiger partial charge on any atom is 0.373 e. The van der Waals surface area contributed by atoms with E-state index in [1.807, 2.05) is 55.6 Å². The van der Waals surface area contributed by atoms with E-state index in [4.69, 9.17) is 14.3 Å². The van der Waals surface area contributed by atoms with Crippen molar-refractivity contribution in [1.82, 2.24) is 9.88 Å². The number of ketones is 1. The Morgan fingerprint density at radius 3 is 2.58 bits per heavy atom. The lowest BCUT2D eigenvalue weighted by atomic mass is 9.95. The molecule has 0 bridgehead atoms. The van der Waals surface area contributed by atoms with Crippen molar-refractivity contribution in [2.24, 2.45) is 0 Å². The third-order valence-electron chi connectivity index (χ3n) is 5.66. The van der Waals surface area contributed by atoms with Crippen LogP contribution in [0.15, 0.2) is 60.0 Å². The maximum absolute atomic E-state index is 12.9. The molecule has 2 aromatic carbocycles. The first-order chi connectivity index (χ1) is 15.8. The predicted molar refractivity (Wildman–Crippen MR) is 120 cm³/mol. The van der Waals surface area contributed by atoms with Crippen LogP contribution in [0.25, 0.3) is 10.9 Å². The van der Waals surface area contributed by atoms with Gasteiger partial charge >= 0.3 is 6.15 Å². The highest BCUT2D eigenvalue weighted by Gasteiger charge is 2.43. The van der Waals surface area contributed by atoms with E-state index in [-0.39, 0.29) is 17.5 Å². The Morgan fingerprint density at radius 2 is 1.91 bits per heavy atom. The molecule has 8 nitrogen and oxygen atoms in total. The molecule has 3 aromatic rings. The average Bonchev–Trinajstić information content (AvgIpc) is 3.31. The second kappa shape index (κ2) is 9.97. The number of para-hydroxylation sites is 1. The summed E-state index contributed by atoms with van der Waals surface area (Å²) in [6, 6.07) is 12.9. The van der Waals surface area contributed by atoms with Gasteiger partial charge in [0.15, 0.2) is 11.5 Å². The monoisotopic (exact) mass is 448 g/mol. The topological polar surface area (TPSA) is 117 Å². The summed E-state index contributed by atoms with van der Waals surface area (Å²) in [6.45, 7) is 3.67. The number of hydrogen-bond donors (Lipinski definition) is 2. The van der Waals surface area contributed by atoms with Crippen LogP contribution in [0.1, 0.15) is 29.7 Å². The van der Waals surface area contributed by atoms with Gasteiger partial charge in [-0.25, -0.2) is 0 Å². The molecule has 33 heavy (non-hydrogen) atoms. The fraction of sp³-hybridized carbons (Fsp3) is 0.240. The molecule has 2 N–H and O–H groups in total. The highest BCUT2D eigenvalue weighted by molar-refractivity contribution is 6.08. The van der Waals surface area contributed by atoms with Gasteiger partial charge in [-0.15, -0.1) is 0 Å². The second-order valence-corrected chi connectivity index (χ2v) is 7.66. The molecule has 170 valence electrons. The molecule has 1 aliphatic rings. The number of carbonyl (C=O) groups is 2. The first-order valence-electron chi connectivity index (χ1n) is 10.3.